The van der Waals surface area contributed by atoms with Gasteiger partial charge in [-0.3, -0.25) is 0 Å². The zero-order chi connectivity index (χ0) is 5.70. The lowest BCUT2D eigenvalue weighted by atomic mass is 10.5. The maximum absolute atomic E-state index is 8.02. The van der Waals surface area contributed by atoms with Gasteiger partial charge in [-0.15, -0.1) is 23.2 Å². The summed E-state index contributed by atoms with van der Waals surface area (Å²) in [5.41, 5.74) is 0. The van der Waals surface area contributed by atoms with Crippen molar-refractivity contribution in [2.75, 3.05) is 0 Å². The molecule has 0 aliphatic rings. The van der Waals surface area contributed by atoms with E-state index in [0.29, 0.717) is 6.42 Å². The fourth-order valence-electron chi connectivity index (χ4n) is 0.164. The Morgan fingerprint density at radius 3 is 2.29 bits per heavy atom. The van der Waals surface area contributed by atoms with E-state index in [2.05, 4.69) is 0 Å². The van der Waals surface area contributed by atoms with Crippen LogP contribution >= 0.6 is 23.2 Å². The van der Waals surface area contributed by atoms with E-state index < -0.39 is 4.84 Å². The van der Waals surface area contributed by atoms with Gasteiger partial charge in [0, 0.05) is 0 Å². The summed E-state index contributed by atoms with van der Waals surface area (Å²) in [5, 5.41) is 8.02. The Morgan fingerprint density at radius 2 is 2.14 bits per heavy atom. The fourth-order valence-corrected chi connectivity index (χ4v) is 0.369. The van der Waals surface area contributed by atoms with Crippen molar-refractivity contribution in [2.24, 2.45) is 0 Å². The molecule has 7 heavy (non-hydrogen) atoms. The number of alkyl halides is 2. The predicted octanol–water partition coefficient (Wildman–Crippen LogP) is 2.25. The molecule has 0 fully saturated rings. The number of rotatable bonds is 2. The lowest BCUT2D eigenvalue weighted by Gasteiger charge is -1.87. The van der Waals surface area contributed by atoms with Crippen LogP contribution in [0, 0.1) is 0 Å². The Labute approximate surface area is 52.5 Å². The molecule has 0 aromatic rings. The van der Waals surface area contributed by atoms with E-state index in [1.807, 2.05) is 0 Å². The summed E-state index contributed by atoms with van der Waals surface area (Å²) in [6, 6.07) is 0. The molecular formula is C4H6Cl2O. The summed E-state index contributed by atoms with van der Waals surface area (Å²) in [6.07, 6.45) is 2.92. The second-order valence-corrected chi connectivity index (χ2v) is 2.29. The normalized spacial score (nSPS) is 11.3. The van der Waals surface area contributed by atoms with E-state index in [1.54, 1.807) is 0 Å². The van der Waals surface area contributed by atoms with E-state index in [1.165, 1.54) is 6.08 Å². The smallest absolute Gasteiger partial charge is 0.111 e. The van der Waals surface area contributed by atoms with Gasteiger partial charge in [-0.25, -0.2) is 0 Å². The quantitative estimate of drug-likeness (QED) is 0.461. The van der Waals surface area contributed by atoms with Crippen molar-refractivity contribution in [3.05, 3.63) is 12.3 Å². The van der Waals surface area contributed by atoms with E-state index >= 15 is 0 Å². The number of hydrogen-bond acceptors (Lipinski definition) is 1. The van der Waals surface area contributed by atoms with Gasteiger partial charge >= 0.3 is 0 Å². The highest BCUT2D eigenvalue weighted by atomic mass is 35.5. The largest absolute Gasteiger partial charge is 0.516 e. The molecule has 0 spiro atoms. The monoisotopic (exact) mass is 140 g/mol. The summed E-state index contributed by atoms with van der Waals surface area (Å²) in [4.78, 5) is -0.400. The third-order valence-corrected chi connectivity index (χ3v) is 0.776. The third-order valence-electron chi connectivity index (χ3n) is 0.420. The van der Waals surface area contributed by atoms with Crippen LogP contribution in [0.2, 0.25) is 0 Å². The molecule has 0 saturated heterocycles. The summed E-state index contributed by atoms with van der Waals surface area (Å²) >= 11 is 10.5. The van der Waals surface area contributed by atoms with Crippen molar-refractivity contribution in [2.45, 2.75) is 11.3 Å². The van der Waals surface area contributed by atoms with Crippen LogP contribution in [0.5, 0.6) is 0 Å². The summed E-state index contributed by atoms with van der Waals surface area (Å²) < 4.78 is 0. The number of aliphatic hydroxyl groups excluding tert-OH is 1. The van der Waals surface area contributed by atoms with Crippen LogP contribution in [-0.2, 0) is 0 Å². The molecule has 0 saturated carbocycles. The molecule has 0 aliphatic carbocycles. The highest BCUT2D eigenvalue weighted by molar-refractivity contribution is 6.44. The molecule has 3 heteroatoms. The zero-order valence-corrected chi connectivity index (χ0v) is 5.15. The van der Waals surface area contributed by atoms with Crippen LogP contribution in [0.1, 0.15) is 6.42 Å². The molecule has 0 aromatic heterocycles. The zero-order valence-electron chi connectivity index (χ0n) is 3.64. The van der Waals surface area contributed by atoms with Crippen LogP contribution in [0.3, 0.4) is 0 Å². The van der Waals surface area contributed by atoms with Gasteiger partial charge < -0.3 is 5.11 Å². The Kier molecular flexibility index (Phi) is 4.36. The Balaban J connectivity index is 2.97. The number of allylic oxidation sites excluding steroid dienone is 1. The van der Waals surface area contributed by atoms with Crippen molar-refractivity contribution >= 4 is 23.2 Å². The molecule has 0 aliphatic heterocycles. The second-order valence-electron chi connectivity index (χ2n) is 1.01. The van der Waals surface area contributed by atoms with Crippen molar-refractivity contribution in [3.8, 4) is 0 Å². The first kappa shape index (κ1) is 7.12. The Bertz CT molecular complexity index is 60.7. The van der Waals surface area contributed by atoms with Crippen molar-refractivity contribution in [1.29, 1.82) is 0 Å². The van der Waals surface area contributed by atoms with E-state index in [-0.39, 0.29) is 0 Å². The number of hydrogen-bond donors (Lipinski definition) is 1. The minimum Gasteiger partial charge on any atom is -0.516 e. The van der Waals surface area contributed by atoms with E-state index in [9.17, 15) is 0 Å². The molecule has 0 amide bonds. The van der Waals surface area contributed by atoms with Crippen LogP contribution in [0.15, 0.2) is 12.3 Å². The number of aliphatic hydroxyl groups is 1. The van der Waals surface area contributed by atoms with Crippen molar-refractivity contribution < 1.29 is 5.11 Å². The first-order chi connectivity index (χ1) is 3.27. The van der Waals surface area contributed by atoms with Crippen LogP contribution in [0.4, 0.5) is 0 Å². The molecule has 0 bridgehead atoms. The van der Waals surface area contributed by atoms with Crippen LogP contribution in [-0.4, -0.2) is 9.94 Å². The lowest BCUT2D eigenvalue weighted by molar-refractivity contribution is 0.471. The minimum atomic E-state index is -0.400. The van der Waals surface area contributed by atoms with Gasteiger partial charge in [-0.05, 0) is 12.5 Å². The molecule has 1 N–H and O–H groups in total. The first-order valence-electron chi connectivity index (χ1n) is 1.84. The Hall–Kier alpha value is 0.120. The molecule has 0 aromatic carbocycles. The third kappa shape index (κ3) is 6.12. The summed E-state index contributed by atoms with van der Waals surface area (Å²) in [5.74, 6) is 0. The highest BCUT2D eigenvalue weighted by Crippen LogP contribution is 2.06. The average molecular weight is 141 g/mol. The molecular weight excluding hydrogens is 135 g/mol. The topological polar surface area (TPSA) is 20.2 Å². The van der Waals surface area contributed by atoms with E-state index in [0.717, 1.165) is 6.26 Å². The van der Waals surface area contributed by atoms with Gasteiger partial charge in [0.15, 0.2) is 0 Å². The van der Waals surface area contributed by atoms with Crippen molar-refractivity contribution in [1.82, 2.24) is 0 Å². The molecule has 0 atom stereocenters. The predicted molar refractivity (Wildman–Crippen MR) is 31.9 cm³/mol. The molecule has 0 radical (unpaired) electrons. The van der Waals surface area contributed by atoms with Gasteiger partial charge in [0.2, 0.25) is 0 Å². The standard InChI is InChI=1S/C4H6Cl2O/c5-4(6)2-1-3-7/h1,3-4,7H,2H2. The lowest BCUT2D eigenvalue weighted by Crippen LogP contribution is -1.79. The highest BCUT2D eigenvalue weighted by Gasteiger charge is 1.90. The average Bonchev–Trinajstić information content (AvgIpc) is 1.61. The van der Waals surface area contributed by atoms with Crippen LogP contribution in [0.25, 0.3) is 0 Å². The maximum atomic E-state index is 8.02. The maximum Gasteiger partial charge on any atom is 0.111 e. The van der Waals surface area contributed by atoms with Gasteiger partial charge in [-0.1, -0.05) is 0 Å². The molecule has 42 valence electrons. The Morgan fingerprint density at radius 1 is 1.57 bits per heavy atom. The molecule has 0 heterocycles. The van der Waals surface area contributed by atoms with E-state index in [4.69, 9.17) is 28.3 Å². The van der Waals surface area contributed by atoms with Gasteiger partial charge in [-0.2, -0.15) is 0 Å². The van der Waals surface area contributed by atoms with Gasteiger partial charge in [0.1, 0.15) is 4.84 Å². The molecule has 0 rings (SSSR count). The molecule has 0 unspecified atom stereocenters. The minimum absolute atomic E-state index is 0.400. The molecule has 1 nitrogen and oxygen atoms in total. The summed E-state index contributed by atoms with van der Waals surface area (Å²) in [6.45, 7) is 0. The second kappa shape index (κ2) is 4.28. The fraction of sp³-hybridized carbons (Fsp3) is 0.500. The first-order valence-corrected chi connectivity index (χ1v) is 2.72. The van der Waals surface area contributed by atoms with Crippen LogP contribution < -0.4 is 0 Å². The van der Waals surface area contributed by atoms with Gasteiger partial charge in [0.25, 0.3) is 0 Å². The SMILES string of the molecule is OC=CCC(Cl)Cl. The van der Waals surface area contributed by atoms with Gasteiger partial charge in [0.05, 0.1) is 6.26 Å². The summed E-state index contributed by atoms with van der Waals surface area (Å²) in [7, 11) is 0. The van der Waals surface area contributed by atoms with Crippen molar-refractivity contribution in [3.63, 3.8) is 0 Å². The number of halogens is 2.